The van der Waals surface area contributed by atoms with Crippen LogP contribution >= 0.6 is 0 Å². The van der Waals surface area contributed by atoms with E-state index in [1.165, 1.54) is 17.5 Å². The lowest BCUT2D eigenvalue weighted by atomic mass is 9.90. The smallest absolute Gasteiger partial charge is 0.320 e. The van der Waals surface area contributed by atoms with Crippen molar-refractivity contribution in [1.82, 2.24) is 4.90 Å². The molecule has 2 rings (SSSR count). The predicted octanol–water partition coefficient (Wildman–Crippen LogP) is 3.11. The van der Waals surface area contributed by atoms with Crippen LogP contribution < -0.4 is 0 Å². The number of carboxylic acid groups (broad SMARTS) is 1. The number of piperidine rings is 1. The van der Waals surface area contributed by atoms with Crippen LogP contribution in [0.4, 0.5) is 0 Å². The number of aryl methyl sites for hydroxylation is 2. The molecule has 0 saturated carbocycles. The zero-order chi connectivity index (χ0) is 14.5. The summed E-state index contributed by atoms with van der Waals surface area (Å²) in [6.07, 6.45) is 4.62. The second-order valence-corrected chi connectivity index (χ2v) is 6.02. The zero-order valence-electron chi connectivity index (χ0n) is 12.5. The molecule has 0 aromatic heterocycles. The van der Waals surface area contributed by atoms with Gasteiger partial charge in [0.15, 0.2) is 0 Å². The molecule has 1 unspecified atom stereocenters. The molecule has 1 aliphatic rings. The van der Waals surface area contributed by atoms with E-state index in [1.807, 2.05) is 0 Å². The van der Waals surface area contributed by atoms with Crippen LogP contribution in [0.3, 0.4) is 0 Å². The third-order valence-electron chi connectivity index (χ3n) is 4.52. The van der Waals surface area contributed by atoms with Gasteiger partial charge >= 0.3 is 5.97 Å². The number of hydrogen-bond acceptors (Lipinski definition) is 2. The average Bonchev–Trinajstić information content (AvgIpc) is 2.46. The Morgan fingerprint density at radius 3 is 2.45 bits per heavy atom. The minimum Gasteiger partial charge on any atom is -0.480 e. The van der Waals surface area contributed by atoms with Gasteiger partial charge in [-0.2, -0.15) is 0 Å². The molecule has 1 aliphatic heterocycles. The van der Waals surface area contributed by atoms with Crippen molar-refractivity contribution in [3.63, 3.8) is 0 Å². The maximum absolute atomic E-state index is 11.0. The number of rotatable bonds is 5. The summed E-state index contributed by atoms with van der Waals surface area (Å²) in [6, 6.07) is 8.44. The molecule has 1 aromatic rings. The summed E-state index contributed by atoms with van der Waals surface area (Å²) in [6.45, 7) is 5.75. The molecule has 0 aliphatic carbocycles. The number of aliphatic carboxylic acids is 1. The Morgan fingerprint density at radius 1 is 1.30 bits per heavy atom. The molecule has 0 spiro atoms. The molecule has 3 nitrogen and oxygen atoms in total. The van der Waals surface area contributed by atoms with Gasteiger partial charge in [-0.05, 0) is 64.1 Å². The number of hydrogen-bond donors (Lipinski definition) is 1. The highest BCUT2D eigenvalue weighted by molar-refractivity contribution is 5.72. The lowest BCUT2D eigenvalue weighted by Gasteiger charge is -2.34. The van der Waals surface area contributed by atoms with Crippen molar-refractivity contribution in [2.75, 3.05) is 13.1 Å². The first-order valence-corrected chi connectivity index (χ1v) is 7.58. The van der Waals surface area contributed by atoms with Crippen LogP contribution in [-0.2, 0) is 11.2 Å². The Labute approximate surface area is 121 Å². The van der Waals surface area contributed by atoms with Crippen molar-refractivity contribution in [2.24, 2.45) is 5.92 Å². The summed E-state index contributed by atoms with van der Waals surface area (Å²) in [4.78, 5) is 13.1. The van der Waals surface area contributed by atoms with Gasteiger partial charge < -0.3 is 5.11 Å². The van der Waals surface area contributed by atoms with Gasteiger partial charge in [0, 0.05) is 0 Å². The van der Waals surface area contributed by atoms with E-state index in [0.717, 1.165) is 38.3 Å². The fraction of sp³-hybridized carbons (Fsp3) is 0.588. The Bertz CT molecular complexity index is 433. The summed E-state index contributed by atoms with van der Waals surface area (Å²) in [5.41, 5.74) is 2.72. The molecular formula is C17H25NO2. The van der Waals surface area contributed by atoms with Crippen LogP contribution in [0.25, 0.3) is 0 Å². The van der Waals surface area contributed by atoms with Crippen LogP contribution in [0.2, 0.25) is 0 Å². The van der Waals surface area contributed by atoms with Gasteiger partial charge in [-0.15, -0.1) is 0 Å². The molecule has 110 valence electrons. The molecule has 1 saturated heterocycles. The zero-order valence-corrected chi connectivity index (χ0v) is 12.5. The summed E-state index contributed by atoms with van der Waals surface area (Å²) < 4.78 is 0. The van der Waals surface area contributed by atoms with Crippen molar-refractivity contribution in [2.45, 2.75) is 45.6 Å². The number of nitrogens with zero attached hydrogens (tertiary/aromatic N) is 1. The number of benzene rings is 1. The molecule has 1 N–H and O–H groups in total. The van der Waals surface area contributed by atoms with Gasteiger partial charge in [0.05, 0.1) is 0 Å². The van der Waals surface area contributed by atoms with Crippen molar-refractivity contribution >= 4 is 5.97 Å². The number of carbonyl (C=O) groups is 1. The Balaban J connectivity index is 1.74. The first-order valence-electron chi connectivity index (χ1n) is 7.58. The van der Waals surface area contributed by atoms with Crippen LogP contribution in [0.15, 0.2) is 24.3 Å². The van der Waals surface area contributed by atoms with Crippen LogP contribution in [0, 0.1) is 12.8 Å². The molecule has 0 bridgehead atoms. The van der Waals surface area contributed by atoms with Crippen LogP contribution in [0.5, 0.6) is 0 Å². The highest BCUT2D eigenvalue weighted by atomic mass is 16.4. The van der Waals surface area contributed by atoms with Gasteiger partial charge in [0.1, 0.15) is 6.04 Å². The second kappa shape index (κ2) is 6.89. The van der Waals surface area contributed by atoms with Crippen molar-refractivity contribution in [3.05, 3.63) is 35.4 Å². The Hall–Kier alpha value is -1.35. The summed E-state index contributed by atoms with van der Waals surface area (Å²) in [5, 5.41) is 9.03. The fourth-order valence-electron chi connectivity index (χ4n) is 2.91. The van der Waals surface area contributed by atoms with Gasteiger partial charge in [-0.1, -0.05) is 29.8 Å². The molecule has 0 amide bonds. The molecule has 1 fully saturated rings. The van der Waals surface area contributed by atoms with E-state index in [4.69, 9.17) is 5.11 Å². The summed E-state index contributed by atoms with van der Waals surface area (Å²) in [7, 11) is 0. The largest absolute Gasteiger partial charge is 0.480 e. The molecule has 1 atom stereocenters. The molecule has 0 radical (unpaired) electrons. The minimum atomic E-state index is -0.705. The Kier molecular flexibility index (Phi) is 5.18. The van der Waals surface area contributed by atoms with Crippen molar-refractivity contribution in [3.8, 4) is 0 Å². The highest BCUT2D eigenvalue weighted by Crippen LogP contribution is 2.23. The summed E-state index contributed by atoms with van der Waals surface area (Å²) in [5.74, 6) is 0.0386. The quantitative estimate of drug-likeness (QED) is 0.897. The third-order valence-corrected chi connectivity index (χ3v) is 4.52. The standard InChI is InChI=1S/C17H25NO2/c1-13-3-5-15(6-4-13)7-8-16-9-11-18(12-10-16)14(2)17(19)20/h3-6,14,16H,7-12H2,1-2H3,(H,19,20). The fourth-order valence-corrected chi connectivity index (χ4v) is 2.91. The third kappa shape index (κ3) is 4.07. The molecule has 1 aromatic carbocycles. The predicted molar refractivity (Wildman–Crippen MR) is 80.9 cm³/mol. The van der Waals surface area contributed by atoms with E-state index >= 15 is 0 Å². The van der Waals surface area contributed by atoms with Crippen molar-refractivity contribution < 1.29 is 9.90 Å². The van der Waals surface area contributed by atoms with E-state index in [1.54, 1.807) is 6.92 Å². The average molecular weight is 275 g/mol. The van der Waals surface area contributed by atoms with E-state index < -0.39 is 5.97 Å². The van der Waals surface area contributed by atoms with Gasteiger partial charge in [-0.3, -0.25) is 9.69 Å². The highest BCUT2D eigenvalue weighted by Gasteiger charge is 2.25. The molecule has 20 heavy (non-hydrogen) atoms. The van der Waals surface area contributed by atoms with E-state index in [0.29, 0.717) is 0 Å². The second-order valence-electron chi connectivity index (χ2n) is 6.02. The topological polar surface area (TPSA) is 40.5 Å². The first kappa shape index (κ1) is 15.0. The minimum absolute atomic E-state index is 0.340. The van der Waals surface area contributed by atoms with Crippen molar-refractivity contribution in [1.29, 1.82) is 0 Å². The van der Waals surface area contributed by atoms with Crippen LogP contribution in [-0.4, -0.2) is 35.1 Å². The lowest BCUT2D eigenvalue weighted by Crippen LogP contribution is -2.43. The van der Waals surface area contributed by atoms with E-state index in [9.17, 15) is 4.79 Å². The first-order chi connectivity index (χ1) is 9.56. The van der Waals surface area contributed by atoms with E-state index in [2.05, 4.69) is 36.1 Å². The normalized spacial score (nSPS) is 18.9. The molecule has 3 heteroatoms. The number of carboxylic acids is 1. The van der Waals surface area contributed by atoms with Gasteiger partial charge in [0.2, 0.25) is 0 Å². The maximum Gasteiger partial charge on any atom is 0.320 e. The number of likely N-dealkylation sites (tertiary alicyclic amines) is 1. The molecular weight excluding hydrogens is 250 g/mol. The maximum atomic E-state index is 11.0. The SMILES string of the molecule is Cc1ccc(CCC2CCN(C(C)C(=O)O)CC2)cc1. The van der Waals surface area contributed by atoms with Gasteiger partial charge in [0.25, 0.3) is 0 Å². The lowest BCUT2D eigenvalue weighted by molar-refractivity contribution is -0.143. The van der Waals surface area contributed by atoms with E-state index in [-0.39, 0.29) is 6.04 Å². The Morgan fingerprint density at radius 2 is 1.90 bits per heavy atom. The summed E-state index contributed by atoms with van der Waals surface area (Å²) >= 11 is 0. The van der Waals surface area contributed by atoms with Gasteiger partial charge in [-0.25, -0.2) is 0 Å². The van der Waals surface area contributed by atoms with Crippen LogP contribution in [0.1, 0.15) is 37.3 Å². The molecule has 1 heterocycles. The monoisotopic (exact) mass is 275 g/mol.